The molecule has 0 aliphatic carbocycles. The zero-order valence-electron chi connectivity index (χ0n) is 7.55. The van der Waals surface area contributed by atoms with E-state index in [0.29, 0.717) is 0 Å². The van der Waals surface area contributed by atoms with Crippen LogP contribution in [0.5, 0.6) is 0 Å². The lowest BCUT2D eigenvalue weighted by atomic mass is 10.1. The Balaban J connectivity index is 2.81. The van der Waals surface area contributed by atoms with Gasteiger partial charge in [0.1, 0.15) is 5.82 Å². The molecule has 0 aliphatic rings. The van der Waals surface area contributed by atoms with Gasteiger partial charge >= 0.3 is 0 Å². The van der Waals surface area contributed by atoms with E-state index in [1.807, 2.05) is 6.92 Å². The number of hydrogen-bond acceptors (Lipinski definition) is 1. The normalized spacial score (nSPS) is 12.1. The van der Waals surface area contributed by atoms with Gasteiger partial charge in [-0.1, -0.05) is 25.0 Å². The molecule has 1 nitrogen and oxygen atoms in total. The number of hydrogen-bond donors (Lipinski definition) is 1. The fraction of sp³-hybridized carbons (Fsp3) is 0.273. The van der Waals surface area contributed by atoms with Crippen molar-refractivity contribution in [1.29, 1.82) is 0 Å². The van der Waals surface area contributed by atoms with Crippen molar-refractivity contribution in [1.82, 2.24) is 5.32 Å². The second kappa shape index (κ2) is 4.64. The van der Waals surface area contributed by atoms with Crippen molar-refractivity contribution < 1.29 is 4.39 Å². The van der Waals surface area contributed by atoms with Gasteiger partial charge in [-0.2, -0.15) is 0 Å². The van der Waals surface area contributed by atoms with Crippen molar-refractivity contribution in [3.63, 3.8) is 0 Å². The largest absolute Gasteiger partial charge is 0.300 e. The Morgan fingerprint density at radius 3 is 2.54 bits per heavy atom. The summed E-state index contributed by atoms with van der Waals surface area (Å²) in [6.45, 7) is 2.78. The third kappa shape index (κ3) is 2.57. The van der Waals surface area contributed by atoms with Crippen LogP contribution in [0, 0.1) is 18.2 Å². The van der Waals surface area contributed by atoms with Gasteiger partial charge in [0.25, 0.3) is 0 Å². The predicted octanol–water partition coefficient (Wildman–Crippen LogP) is 2.11. The van der Waals surface area contributed by atoms with Gasteiger partial charge in [0.15, 0.2) is 0 Å². The van der Waals surface area contributed by atoms with Crippen LogP contribution in [0.3, 0.4) is 0 Å². The first-order valence-electron chi connectivity index (χ1n) is 4.23. The molecule has 13 heavy (non-hydrogen) atoms. The second-order valence-corrected chi connectivity index (χ2v) is 2.71. The van der Waals surface area contributed by atoms with Crippen molar-refractivity contribution >= 4 is 0 Å². The maximum absolute atomic E-state index is 12.6. The summed E-state index contributed by atoms with van der Waals surface area (Å²) in [4.78, 5) is 0. The van der Waals surface area contributed by atoms with Gasteiger partial charge in [-0.3, -0.25) is 0 Å². The van der Waals surface area contributed by atoms with E-state index >= 15 is 0 Å². The molecule has 1 aromatic rings. The number of rotatable bonds is 3. The first-order valence-corrected chi connectivity index (χ1v) is 4.23. The minimum absolute atomic E-state index is 0.120. The molecule has 68 valence electrons. The van der Waals surface area contributed by atoms with Crippen molar-refractivity contribution in [2.45, 2.75) is 13.0 Å². The Labute approximate surface area is 78.0 Å². The van der Waals surface area contributed by atoms with E-state index in [9.17, 15) is 4.39 Å². The van der Waals surface area contributed by atoms with E-state index in [1.165, 1.54) is 12.1 Å². The van der Waals surface area contributed by atoms with E-state index in [1.54, 1.807) is 12.1 Å². The maximum Gasteiger partial charge on any atom is 0.123 e. The van der Waals surface area contributed by atoms with Crippen LogP contribution in [0.15, 0.2) is 24.3 Å². The summed E-state index contributed by atoms with van der Waals surface area (Å²) in [7, 11) is 0. The molecule has 1 aromatic carbocycles. The monoisotopic (exact) mass is 177 g/mol. The first-order chi connectivity index (χ1) is 6.27. The average molecular weight is 177 g/mol. The summed E-state index contributed by atoms with van der Waals surface area (Å²) in [6, 6.07) is 6.10. The molecule has 1 N–H and O–H groups in total. The average Bonchev–Trinajstić information content (AvgIpc) is 2.16. The van der Waals surface area contributed by atoms with Crippen LogP contribution in [0.1, 0.15) is 18.5 Å². The zero-order chi connectivity index (χ0) is 9.68. The van der Waals surface area contributed by atoms with Gasteiger partial charge in [-0.15, -0.1) is 6.42 Å². The predicted molar refractivity (Wildman–Crippen MR) is 51.7 cm³/mol. The van der Waals surface area contributed by atoms with Crippen molar-refractivity contribution in [2.75, 3.05) is 6.54 Å². The molecule has 1 atom stereocenters. The Hall–Kier alpha value is -1.33. The maximum atomic E-state index is 12.6. The molecule has 1 unspecified atom stereocenters. The van der Waals surface area contributed by atoms with Crippen molar-refractivity contribution in [3.8, 4) is 12.3 Å². The number of halogens is 1. The summed E-state index contributed by atoms with van der Waals surface area (Å²) < 4.78 is 12.6. The molecule has 0 heterocycles. The lowest BCUT2D eigenvalue weighted by molar-refractivity contribution is 0.622. The molecule has 0 amide bonds. The molecule has 0 aliphatic heterocycles. The quantitative estimate of drug-likeness (QED) is 0.697. The molecule has 2 heteroatoms. The fourth-order valence-electron chi connectivity index (χ4n) is 1.13. The summed E-state index contributed by atoms with van der Waals surface area (Å²) in [5.41, 5.74) is 0.922. The number of benzene rings is 1. The number of terminal acetylenes is 1. The third-order valence-electron chi connectivity index (χ3n) is 1.78. The lowest BCUT2D eigenvalue weighted by Crippen LogP contribution is -2.19. The van der Waals surface area contributed by atoms with E-state index in [2.05, 4.69) is 11.2 Å². The third-order valence-corrected chi connectivity index (χ3v) is 1.78. The highest BCUT2D eigenvalue weighted by Gasteiger charge is 2.05. The second-order valence-electron chi connectivity index (χ2n) is 2.71. The van der Waals surface area contributed by atoms with Crippen LogP contribution >= 0.6 is 0 Å². The summed E-state index contributed by atoms with van der Waals surface area (Å²) in [6.07, 6.45) is 5.32. The van der Waals surface area contributed by atoms with Crippen molar-refractivity contribution in [2.24, 2.45) is 0 Å². The molecule has 1 rings (SSSR count). The molecule has 0 saturated carbocycles. The Morgan fingerprint density at radius 2 is 2.08 bits per heavy atom. The van der Waals surface area contributed by atoms with Crippen LogP contribution in [-0.2, 0) is 0 Å². The Bertz CT molecular complexity index is 297. The minimum Gasteiger partial charge on any atom is -0.300 e. The van der Waals surface area contributed by atoms with E-state index in [4.69, 9.17) is 6.42 Å². The lowest BCUT2D eigenvalue weighted by Gasteiger charge is -2.11. The van der Waals surface area contributed by atoms with Crippen LogP contribution in [0.25, 0.3) is 0 Å². The topological polar surface area (TPSA) is 12.0 Å². The zero-order valence-corrected chi connectivity index (χ0v) is 7.55. The summed E-state index contributed by atoms with van der Waals surface area (Å²) in [5.74, 6) is 2.37. The van der Waals surface area contributed by atoms with E-state index in [-0.39, 0.29) is 11.9 Å². The highest BCUT2D eigenvalue weighted by molar-refractivity contribution is 5.25. The molecule has 0 spiro atoms. The van der Waals surface area contributed by atoms with Gasteiger partial charge in [0, 0.05) is 0 Å². The molecule has 0 saturated heterocycles. The first kappa shape index (κ1) is 9.76. The molecular formula is C11H12FN. The van der Waals surface area contributed by atoms with Gasteiger partial charge in [0.05, 0.1) is 6.04 Å². The SMILES string of the molecule is C#CC(NCC)c1ccc(F)cc1. The Morgan fingerprint density at radius 1 is 1.46 bits per heavy atom. The molecule has 0 bridgehead atoms. The van der Waals surface area contributed by atoms with Gasteiger partial charge < -0.3 is 5.32 Å². The molecule has 0 fully saturated rings. The molecule has 0 aromatic heterocycles. The van der Waals surface area contributed by atoms with Gasteiger partial charge in [0.2, 0.25) is 0 Å². The molecule has 0 radical (unpaired) electrons. The van der Waals surface area contributed by atoms with E-state index < -0.39 is 0 Å². The van der Waals surface area contributed by atoms with Crippen molar-refractivity contribution in [3.05, 3.63) is 35.6 Å². The summed E-state index contributed by atoms with van der Waals surface area (Å²) in [5, 5.41) is 3.11. The van der Waals surface area contributed by atoms with Gasteiger partial charge in [-0.05, 0) is 24.2 Å². The summed E-state index contributed by atoms with van der Waals surface area (Å²) >= 11 is 0. The minimum atomic E-state index is -0.240. The highest BCUT2D eigenvalue weighted by Crippen LogP contribution is 2.12. The highest BCUT2D eigenvalue weighted by atomic mass is 19.1. The fourth-order valence-corrected chi connectivity index (χ4v) is 1.13. The van der Waals surface area contributed by atoms with Crippen LogP contribution < -0.4 is 5.32 Å². The number of nitrogens with one attached hydrogen (secondary N) is 1. The molecular weight excluding hydrogens is 165 g/mol. The van der Waals surface area contributed by atoms with Crippen LogP contribution in [-0.4, -0.2) is 6.54 Å². The smallest absolute Gasteiger partial charge is 0.123 e. The Kier molecular flexibility index (Phi) is 3.48. The van der Waals surface area contributed by atoms with Crippen LogP contribution in [0.2, 0.25) is 0 Å². The van der Waals surface area contributed by atoms with E-state index in [0.717, 1.165) is 12.1 Å². The standard InChI is InChI=1S/C11H12FN/c1-3-11(13-4-2)9-5-7-10(12)8-6-9/h1,5-8,11,13H,4H2,2H3. The van der Waals surface area contributed by atoms with Crippen LogP contribution in [0.4, 0.5) is 4.39 Å². The van der Waals surface area contributed by atoms with Gasteiger partial charge in [-0.25, -0.2) is 4.39 Å².